The van der Waals surface area contributed by atoms with Gasteiger partial charge in [0.15, 0.2) is 0 Å². The lowest BCUT2D eigenvalue weighted by Crippen LogP contribution is -2.38. The molecule has 0 radical (unpaired) electrons. The van der Waals surface area contributed by atoms with Crippen molar-refractivity contribution < 1.29 is 14.3 Å². The first-order chi connectivity index (χ1) is 8.47. The first-order valence-electron chi connectivity index (χ1n) is 5.84. The van der Waals surface area contributed by atoms with Crippen molar-refractivity contribution in [2.45, 2.75) is 26.3 Å². The van der Waals surface area contributed by atoms with Crippen LogP contribution in [0.4, 0.5) is 4.39 Å². The van der Waals surface area contributed by atoms with Gasteiger partial charge in [-0.2, -0.15) is 0 Å². The Morgan fingerprint density at radius 1 is 1.50 bits per heavy atom. The number of carbonyl (C=O) groups is 1. The van der Waals surface area contributed by atoms with E-state index in [4.69, 9.17) is 16.7 Å². The summed E-state index contributed by atoms with van der Waals surface area (Å²) in [5.74, 6) is -0.716. The van der Waals surface area contributed by atoms with Gasteiger partial charge in [0.05, 0.1) is 10.6 Å². The normalized spacial score (nSPS) is 10.8. The molecule has 0 unspecified atom stereocenters. The molecule has 1 rings (SSSR count). The zero-order valence-corrected chi connectivity index (χ0v) is 11.2. The van der Waals surface area contributed by atoms with E-state index in [0.717, 1.165) is 6.07 Å². The molecule has 1 aromatic rings. The second kappa shape index (κ2) is 6.71. The van der Waals surface area contributed by atoms with Gasteiger partial charge in [0.1, 0.15) is 5.82 Å². The van der Waals surface area contributed by atoms with Gasteiger partial charge in [-0.1, -0.05) is 11.6 Å². The van der Waals surface area contributed by atoms with E-state index in [9.17, 15) is 9.18 Å². The number of halogens is 2. The molecule has 0 fully saturated rings. The van der Waals surface area contributed by atoms with Crippen molar-refractivity contribution in [1.82, 2.24) is 4.90 Å². The summed E-state index contributed by atoms with van der Waals surface area (Å²) in [6.07, 6.45) is 0.503. The molecule has 0 saturated heterocycles. The summed E-state index contributed by atoms with van der Waals surface area (Å²) in [5.41, 5.74) is 0.282. The van der Waals surface area contributed by atoms with Crippen LogP contribution in [0.3, 0.4) is 0 Å². The molecule has 0 atom stereocenters. The summed E-state index contributed by atoms with van der Waals surface area (Å²) in [6.45, 7) is 4.23. The van der Waals surface area contributed by atoms with Crippen molar-refractivity contribution in [1.29, 1.82) is 0 Å². The molecular formula is C13H17ClFNO2. The lowest BCUT2D eigenvalue weighted by Gasteiger charge is -2.27. The molecule has 0 aliphatic carbocycles. The summed E-state index contributed by atoms with van der Waals surface area (Å²) in [6, 6.07) is 3.71. The van der Waals surface area contributed by atoms with Gasteiger partial charge in [0.2, 0.25) is 0 Å². The van der Waals surface area contributed by atoms with Crippen molar-refractivity contribution >= 4 is 17.5 Å². The highest BCUT2D eigenvalue weighted by Crippen LogP contribution is 2.20. The van der Waals surface area contributed by atoms with Crippen LogP contribution in [0, 0.1) is 5.82 Å². The number of benzene rings is 1. The third-order valence-electron chi connectivity index (χ3n) is 2.60. The molecule has 0 aromatic heterocycles. The molecule has 1 aromatic carbocycles. The molecule has 0 aliphatic rings. The van der Waals surface area contributed by atoms with Crippen LogP contribution in [0.25, 0.3) is 0 Å². The molecule has 0 spiro atoms. The number of hydrogen-bond acceptors (Lipinski definition) is 2. The van der Waals surface area contributed by atoms with Crippen LogP contribution in [-0.4, -0.2) is 35.1 Å². The van der Waals surface area contributed by atoms with E-state index in [0.29, 0.717) is 13.0 Å². The molecule has 0 heterocycles. The van der Waals surface area contributed by atoms with E-state index >= 15 is 0 Å². The van der Waals surface area contributed by atoms with Crippen LogP contribution in [0.5, 0.6) is 0 Å². The van der Waals surface area contributed by atoms with Gasteiger partial charge in [0, 0.05) is 19.2 Å². The Kier molecular flexibility index (Phi) is 5.56. The van der Waals surface area contributed by atoms with E-state index in [-0.39, 0.29) is 29.1 Å². The van der Waals surface area contributed by atoms with Crippen LogP contribution in [0.15, 0.2) is 18.2 Å². The fraction of sp³-hybridized carbons (Fsp3) is 0.462. The zero-order chi connectivity index (χ0) is 13.7. The molecule has 1 N–H and O–H groups in total. The van der Waals surface area contributed by atoms with Gasteiger partial charge in [-0.05, 0) is 38.5 Å². The Balaban J connectivity index is 2.94. The predicted octanol–water partition coefficient (Wildman–Crippen LogP) is 2.71. The third kappa shape index (κ3) is 3.68. The number of amides is 1. The first kappa shape index (κ1) is 14.9. The van der Waals surface area contributed by atoms with Gasteiger partial charge in [0.25, 0.3) is 5.91 Å². The standard InChI is InChI=1S/C13H17ClFNO2/c1-9(2)16(6-3-7-17)13(18)11-5-4-10(15)8-12(11)14/h4-5,8-9,17H,3,6-7H2,1-2H3. The molecule has 0 aliphatic heterocycles. The minimum atomic E-state index is -0.469. The SMILES string of the molecule is CC(C)N(CCCO)C(=O)c1ccc(F)cc1Cl. The lowest BCUT2D eigenvalue weighted by molar-refractivity contribution is 0.0693. The van der Waals surface area contributed by atoms with Gasteiger partial charge in [-0.3, -0.25) is 4.79 Å². The zero-order valence-electron chi connectivity index (χ0n) is 10.5. The number of hydrogen-bond donors (Lipinski definition) is 1. The molecule has 18 heavy (non-hydrogen) atoms. The fourth-order valence-corrected chi connectivity index (χ4v) is 1.90. The summed E-state index contributed by atoms with van der Waals surface area (Å²) < 4.78 is 12.9. The van der Waals surface area contributed by atoms with Crippen LogP contribution < -0.4 is 0 Å². The second-order valence-electron chi connectivity index (χ2n) is 4.29. The predicted molar refractivity (Wildman–Crippen MR) is 69.3 cm³/mol. The quantitative estimate of drug-likeness (QED) is 0.896. The largest absolute Gasteiger partial charge is 0.396 e. The summed E-state index contributed by atoms with van der Waals surface area (Å²) in [5, 5.41) is 8.93. The van der Waals surface area contributed by atoms with Crippen LogP contribution in [0.2, 0.25) is 5.02 Å². The van der Waals surface area contributed by atoms with E-state index in [1.54, 1.807) is 4.90 Å². The Morgan fingerprint density at radius 2 is 2.17 bits per heavy atom. The van der Waals surface area contributed by atoms with Crippen LogP contribution in [-0.2, 0) is 0 Å². The first-order valence-corrected chi connectivity index (χ1v) is 6.22. The maximum absolute atomic E-state index is 12.9. The highest BCUT2D eigenvalue weighted by molar-refractivity contribution is 6.33. The fourth-order valence-electron chi connectivity index (χ4n) is 1.65. The van der Waals surface area contributed by atoms with Crippen molar-refractivity contribution in [3.05, 3.63) is 34.6 Å². The maximum Gasteiger partial charge on any atom is 0.255 e. The Bertz CT molecular complexity index is 423. The van der Waals surface area contributed by atoms with E-state index in [2.05, 4.69) is 0 Å². The van der Waals surface area contributed by atoms with Crippen molar-refractivity contribution in [3.63, 3.8) is 0 Å². The molecule has 0 saturated carbocycles. The van der Waals surface area contributed by atoms with Crippen LogP contribution in [0.1, 0.15) is 30.6 Å². The molecule has 1 amide bonds. The van der Waals surface area contributed by atoms with E-state index in [1.807, 2.05) is 13.8 Å². The van der Waals surface area contributed by atoms with Gasteiger partial charge in [-0.15, -0.1) is 0 Å². The molecule has 100 valence electrons. The number of carbonyl (C=O) groups excluding carboxylic acids is 1. The Labute approximate surface area is 111 Å². The Morgan fingerprint density at radius 3 is 2.67 bits per heavy atom. The van der Waals surface area contributed by atoms with Crippen molar-refractivity contribution in [2.75, 3.05) is 13.2 Å². The topological polar surface area (TPSA) is 40.5 Å². The number of rotatable bonds is 5. The summed E-state index contributed by atoms with van der Waals surface area (Å²) >= 11 is 5.87. The smallest absolute Gasteiger partial charge is 0.255 e. The third-order valence-corrected chi connectivity index (χ3v) is 2.92. The average molecular weight is 274 g/mol. The van der Waals surface area contributed by atoms with Crippen molar-refractivity contribution in [3.8, 4) is 0 Å². The minimum absolute atomic E-state index is 0.00910. The van der Waals surface area contributed by atoms with Gasteiger partial charge in [-0.25, -0.2) is 4.39 Å². The van der Waals surface area contributed by atoms with Gasteiger partial charge < -0.3 is 10.0 Å². The molecule has 0 bridgehead atoms. The summed E-state index contributed by atoms with van der Waals surface area (Å²) in [4.78, 5) is 13.9. The van der Waals surface area contributed by atoms with Crippen LogP contribution >= 0.6 is 11.6 Å². The molecule has 3 nitrogen and oxygen atoms in total. The molecular weight excluding hydrogens is 257 g/mol. The number of aliphatic hydroxyl groups excluding tert-OH is 1. The minimum Gasteiger partial charge on any atom is -0.396 e. The number of aliphatic hydroxyl groups is 1. The van der Waals surface area contributed by atoms with Gasteiger partial charge >= 0.3 is 0 Å². The average Bonchev–Trinajstić information content (AvgIpc) is 2.28. The highest BCUT2D eigenvalue weighted by Gasteiger charge is 2.20. The summed E-state index contributed by atoms with van der Waals surface area (Å²) in [7, 11) is 0. The monoisotopic (exact) mass is 273 g/mol. The van der Waals surface area contributed by atoms with Crippen molar-refractivity contribution in [2.24, 2.45) is 0 Å². The lowest BCUT2D eigenvalue weighted by atomic mass is 10.1. The van der Waals surface area contributed by atoms with E-state index < -0.39 is 5.82 Å². The second-order valence-corrected chi connectivity index (χ2v) is 4.70. The number of nitrogens with zero attached hydrogens (tertiary/aromatic N) is 1. The Hall–Kier alpha value is -1.13. The highest BCUT2D eigenvalue weighted by atomic mass is 35.5. The maximum atomic E-state index is 12.9. The van der Waals surface area contributed by atoms with E-state index in [1.165, 1.54) is 12.1 Å². The molecule has 5 heteroatoms.